The van der Waals surface area contributed by atoms with Crippen LogP contribution in [0.25, 0.3) is 0 Å². The topological polar surface area (TPSA) is 44.4 Å². The fourth-order valence-electron chi connectivity index (χ4n) is 2.74. The van der Waals surface area contributed by atoms with Crippen LogP contribution < -0.4 is 15.5 Å². The van der Waals surface area contributed by atoms with Gasteiger partial charge in [0.1, 0.15) is 5.82 Å². The molecule has 0 saturated heterocycles. The molecule has 0 aromatic heterocycles. The number of rotatable bonds is 8. The van der Waals surface area contributed by atoms with Gasteiger partial charge in [0.15, 0.2) is 0 Å². The second-order valence-corrected chi connectivity index (χ2v) is 6.43. The SMILES string of the molecule is CCN(CC)c1ccc(NCCC(=O)Nc2ccc(F)c(Cl)c2)c(C)c1. The van der Waals surface area contributed by atoms with Gasteiger partial charge in [0.25, 0.3) is 0 Å². The number of hydrogen-bond acceptors (Lipinski definition) is 3. The number of aryl methyl sites for hydroxylation is 1. The lowest BCUT2D eigenvalue weighted by Gasteiger charge is -2.22. The molecule has 0 radical (unpaired) electrons. The van der Waals surface area contributed by atoms with Gasteiger partial charge in [-0.05, 0) is 62.7 Å². The molecule has 4 nitrogen and oxygen atoms in total. The second kappa shape index (κ2) is 9.43. The highest BCUT2D eigenvalue weighted by molar-refractivity contribution is 6.31. The molecule has 26 heavy (non-hydrogen) atoms. The third-order valence-corrected chi connectivity index (χ3v) is 4.50. The predicted molar refractivity (Wildman–Crippen MR) is 108 cm³/mol. The van der Waals surface area contributed by atoms with Gasteiger partial charge >= 0.3 is 0 Å². The highest BCUT2D eigenvalue weighted by Crippen LogP contribution is 2.23. The highest BCUT2D eigenvalue weighted by Gasteiger charge is 2.07. The maximum absolute atomic E-state index is 13.1. The molecule has 2 rings (SSSR count). The average molecular weight is 378 g/mol. The third-order valence-electron chi connectivity index (χ3n) is 4.21. The van der Waals surface area contributed by atoms with E-state index in [-0.39, 0.29) is 10.9 Å². The second-order valence-electron chi connectivity index (χ2n) is 6.03. The van der Waals surface area contributed by atoms with Crippen molar-refractivity contribution >= 4 is 34.6 Å². The van der Waals surface area contributed by atoms with E-state index in [4.69, 9.17) is 11.6 Å². The maximum Gasteiger partial charge on any atom is 0.226 e. The van der Waals surface area contributed by atoms with Gasteiger partial charge in [0.2, 0.25) is 5.91 Å². The zero-order valence-corrected chi connectivity index (χ0v) is 16.2. The van der Waals surface area contributed by atoms with E-state index in [0.29, 0.717) is 18.7 Å². The summed E-state index contributed by atoms with van der Waals surface area (Å²) in [7, 11) is 0. The Kier molecular flexibility index (Phi) is 7.27. The van der Waals surface area contributed by atoms with E-state index in [1.165, 1.54) is 23.9 Å². The summed E-state index contributed by atoms with van der Waals surface area (Å²) in [5.74, 6) is -0.660. The van der Waals surface area contributed by atoms with Crippen LogP contribution in [-0.4, -0.2) is 25.5 Å². The van der Waals surface area contributed by atoms with Crippen LogP contribution in [0.4, 0.5) is 21.5 Å². The first-order chi connectivity index (χ1) is 12.4. The van der Waals surface area contributed by atoms with E-state index in [1.54, 1.807) is 0 Å². The van der Waals surface area contributed by atoms with E-state index in [1.807, 2.05) is 6.07 Å². The number of nitrogens with one attached hydrogen (secondary N) is 2. The van der Waals surface area contributed by atoms with Crippen molar-refractivity contribution in [2.75, 3.05) is 35.2 Å². The Balaban J connectivity index is 1.86. The van der Waals surface area contributed by atoms with Crippen molar-refractivity contribution in [1.82, 2.24) is 0 Å². The third kappa shape index (κ3) is 5.36. The summed E-state index contributed by atoms with van der Waals surface area (Å²) in [5.41, 5.74) is 3.84. The minimum absolute atomic E-state index is 0.00941. The molecular weight excluding hydrogens is 353 g/mol. The van der Waals surface area contributed by atoms with Crippen LogP contribution >= 0.6 is 11.6 Å². The van der Waals surface area contributed by atoms with Crippen molar-refractivity contribution in [3.8, 4) is 0 Å². The van der Waals surface area contributed by atoms with E-state index < -0.39 is 5.82 Å². The van der Waals surface area contributed by atoms with Crippen LogP contribution in [0.3, 0.4) is 0 Å². The Morgan fingerprint density at radius 2 is 1.88 bits per heavy atom. The molecule has 0 spiro atoms. The smallest absolute Gasteiger partial charge is 0.226 e. The van der Waals surface area contributed by atoms with Crippen LogP contribution in [0.15, 0.2) is 36.4 Å². The monoisotopic (exact) mass is 377 g/mol. The summed E-state index contributed by atoms with van der Waals surface area (Å²) >= 11 is 5.71. The molecule has 1 amide bonds. The first-order valence-electron chi connectivity index (χ1n) is 8.79. The number of carbonyl (C=O) groups is 1. The van der Waals surface area contributed by atoms with E-state index >= 15 is 0 Å². The van der Waals surface area contributed by atoms with Crippen molar-refractivity contribution in [3.05, 3.63) is 52.8 Å². The van der Waals surface area contributed by atoms with E-state index in [9.17, 15) is 9.18 Å². The zero-order valence-electron chi connectivity index (χ0n) is 15.4. The van der Waals surface area contributed by atoms with Crippen molar-refractivity contribution in [2.24, 2.45) is 0 Å². The summed E-state index contributed by atoms with van der Waals surface area (Å²) in [6.45, 7) is 8.77. The number of anilines is 3. The molecule has 0 heterocycles. The molecule has 140 valence electrons. The number of amides is 1. The van der Waals surface area contributed by atoms with Crippen LogP contribution in [0.2, 0.25) is 5.02 Å². The van der Waals surface area contributed by atoms with Crippen molar-refractivity contribution in [1.29, 1.82) is 0 Å². The van der Waals surface area contributed by atoms with Crippen LogP contribution in [0.1, 0.15) is 25.8 Å². The van der Waals surface area contributed by atoms with Crippen LogP contribution in [0, 0.1) is 12.7 Å². The fourth-order valence-corrected chi connectivity index (χ4v) is 2.92. The highest BCUT2D eigenvalue weighted by atomic mass is 35.5. The van der Waals surface area contributed by atoms with Gasteiger partial charge in [-0.3, -0.25) is 4.79 Å². The Bertz CT molecular complexity index is 763. The molecule has 2 aromatic rings. The molecule has 0 fully saturated rings. The first kappa shape index (κ1) is 20.0. The van der Waals surface area contributed by atoms with Gasteiger partial charge in [-0.1, -0.05) is 11.6 Å². The van der Waals surface area contributed by atoms with E-state index in [2.05, 4.69) is 48.4 Å². The Labute approximate surface area is 159 Å². The van der Waals surface area contributed by atoms with Gasteiger partial charge in [-0.15, -0.1) is 0 Å². The fraction of sp³-hybridized carbons (Fsp3) is 0.350. The van der Waals surface area contributed by atoms with Gasteiger partial charge in [-0.2, -0.15) is 0 Å². The van der Waals surface area contributed by atoms with E-state index in [0.717, 1.165) is 24.3 Å². The summed E-state index contributed by atoms with van der Waals surface area (Å²) in [5, 5.41) is 5.99. The largest absolute Gasteiger partial charge is 0.384 e. The Morgan fingerprint density at radius 3 is 2.50 bits per heavy atom. The number of halogens is 2. The molecule has 0 unspecified atom stereocenters. The summed E-state index contributed by atoms with van der Waals surface area (Å²) in [6.07, 6.45) is 0.298. The number of hydrogen-bond donors (Lipinski definition) is 2. The molecular formula is C20H25ClFN3O. The van der Waals surface area contributed by atoms with Crippen LogP contribution in [0.5, 0.6) is 0 Å². The van der Waals surface area contributed by atoms with Crippen molar-refractivity contribution < 1.29 is 9.18 Å². The van der Waals surface area contributed by atoms with Crippen molar-refractivity contribution in [2.45, 2.75) is 27.2 Å². The number of carbonyl (C=O) groups excluding carboxylic acids is 1. The van der Waals surface area contributed by atoms with Crippen LogP contribution in [-0.2, 0) is 4.79 Å². The first-order valence-corrected chi connectivity index (χ1v) is 9.16. The molecule has 0 aliphatic carbocycles. The zero-order chi connectivity index (χ0) is 19.1. The molecule has 0 aliphatic rings. The molecule has 2 N–H and O–H groups in total. The van der Waals surface area contributed by atoms with Gasteiger partial charge in [-0.25, -0.2) is 4.39 Å². The quantitative estimate of drug-likeness (QED) is 0.674. The molecule has 0 saturated carbocycles. The Hall–Kier alpha value is -2.27. The lowest BCUT2D eigenvalue weighted by Crippen LogP contribution is -2.22. The minimum Gasteiger partial charge on any atom is -0.384 e. The number of benzene rings is 2. The average Bonchev–Trinajstić information content (AvgIpc) is 2.61. The molecule has 6 heteroatoms. The molecule has 0 bridgehead atoms. The van der Waals surface area contributed by atoms with Crippen molar-refractivity contribution in [3.63, 3.8) is 0 Å². The lowest BCUT2D eigenvalue weighted by atomic mass is 10.1. The molecule has 0 aliphatic heterocycles. The van der Waals surface area contributed by atoms with Gasteiger partial charge < -0.3 is 15.5 Å². The molecule has 2 aromatic carbocycles. The normalized spacial score (nSPS) is 10.5. The summed E-state index contributed by atoms with van der Waals surface area (Å²) in [6, 6.07) is 10.4. The minimum atomic E-state index is -0.505. The predicted octanol–water partition coefficient (Wildman–Crippen LogP) is 5.07. The van der Waals surface area contributed by atoms with Gasteiger partial charge in [0.05, 0.1) is 5.02 Å². The maximum atomic E-state index is 13.1. The van der Waals surface area contributed by atoms with Gasteiger partial charge in [0, 0.05) is 43.1 Å². The molecule has 0 atom stereocenters. The number of nitrogens with zero attached hydrogens (tertiary/aromatic N) is 1. The standard InChI is InChI=1S/C20H25ClFN3O/c1-4-25(5-2)16-7-9-19(14(3)12-16)23-11-10-20(26)24-15-6-8-18(22)17(21)13-15/h6-9,12-13,23H,4-5,10-11H2,1-3H3,(H,24,26). The lowest BCUT2D eigenvalue weighted by molar-refractivity contribution is -0.115. The Morgan fingerprint density at radius 1 is 1.15 bits per heavy atom. The summed E-state index contributed by atoms with van der Waals surface area (Å²) in [4.78, 5) is 14.3. The summed E-state index contributed by atoms with van der Waals surface area (Å²) < 4.78 is 13.1.